The van der Waals surface area contributed by atoms with Gasteiger partial charge in [-0.15, -0.1) is 0 Å². The molecule has 0 bridgehead atoms. The summed E-state index contributed by atoms with van der Waals surface area (Å²) in [4.78, 5) is 18.4. The van der Waals surface area contributed by atoms with Crippen LogP contribution >= 0.6 is 11.6 Å². The van der Waals surface area contributed by atoms with E-state index in [-0.39, 0.29) is 11.9 Å². The Bertz CT molecular complexity index is 678. The van der Waals surface area contributed by atoms with Gasteiger partial charge in [0.1, 0.15) is 5.15 Å². The van der Waals surface area contributed by atoms with Crippen molar-refractivity contribution in [2.24, 2.45) is 0 Å². The van der Waals surface area contributed by atoms with Gasteiger partial charge in [0, 0.05) is 24.3 Å². The standard InChI is InChI=1S/C18H19ClN2O2/c19-17-11-14(8-9-20-17)18(23)21-10-4-7-15(21)12-16(22)13-5-2-1-3-6-13/h1-3,5-6,8-9,11,15-16,22H,4,7,10,12H2/t15-,16+/m0/s1. The van der Waals surface area contributed by atoms with E-state index in [1.165, 1.54) is 0 Å². The molecular weight excluding hydrogens is 312 g/mol. The Morgan fingerprint density at radius 1 is 1.35 bits per heavy atom. The monoisotopic (exact) mass is 330 g/mol. The minimum atomic E-state index is -0.560. The highest BCUT2D eigenvalue weighted by atomic mass is 35.5. The molecule has 2 atom stereocenters. The number of carbonyl (C=O) groups is 1. The third-order valence-electron chi connectivity index (χ3n) is 4.29. The lowest BCUT2D eigenvalue weighted by molar-refractivity contribution is 0.0667. The van der Waals surface area contributed by atoms with Gasteiger partial charge in [-0.1, -0.05) is 41.9 Å². The van der Waals surface area contributed by atoms with Crippen molar-refractivity contribution in [3.8, 4) is 0 Å². The van der Waals surface area contributed by atoms with Gasteiger partial charge in [0.2, 0.25) is 0 Å². The van der Waals surface area contributed by atoms with Gasteiger partial charge < -0.3 is 10.0 Å². The molecule has 0 spiro atoms. The number of nitrogens with zero attached hydrogens (tertiary/aromatic N) is 2. The largest absolute Gasteiger partial charge is 0.388 e. The molecule has 1 amide bonds. The van der Waals surface area contributed by atoms with Gasteiger partial charge in [0.15, 0.2) is 0 Å². The minimum absolute atomic E-state index is 0.0444. The number of hydrogen-bond acceptors (Lipinski definition) is 3. The Hall–Kier alpha value is -1.91. The molecule has 5 heteroatoms. The van der Waals surface area contributed by atoms with E-state index in [2.05, 4.69) is 4.98 Å². The third-order valence-corrected chi connectivity index (χ3v) is 4.50. The number of halogens is 1. The van der Waals surface area contributed by atoms with E-state index in [9.17, 15) is 9.90 Å². The summed E-state index contributed by atoms with van der Waals surface area (Å²) >= 11 is 5.87. The molecule has 23 heavy (non-hydrogen) atoms. The Morgan fingerprint density at radius 2 is 2.13 bits per heavy atom. The highest BCUT2D eigenvalue weighted by Crippen LogP contribution is 2.28. The smallest absolute Gasteiger partial charge is 0.254 e. The van der Waals surface area contributed by atoms with E-state index in [1.807, 2.05) is 35.2 Å². The maximum absolute atomic E-state index is 12.7. The van der Waals surface area contributed by atoms with Crippen LogP contribution in [-0.4, -0.2) is 33.5 Å². The van der Waals surface area contributed by atoms with Gasteiger partial charge in [0.25, 0.3) is 5.91 Å². The average Bonchev–Trinajstić information content (AvgIpc) is 3.03. The highest BCUT2D eigenvalue weighted by molar-refractivity contribution is 6.29. The second kappa shape index (κ2) is 7.11. The average molecular weight is 331 g/mol. The van der Waals surface area contributed by atoms with Crippen LogP contribution in [0.5, 0.6) is 0 Å². The van der Waals surface area contributed by atoms with Crippen LogP contribution in [0.15, 0.2) is 48.7 Å². The number of pyridine rings is 1. The molecule has 1 fully saturated rings. The molecule has 1 aromatic heterocycles. The van der Waals surface area contributed by atoms with E-state index in [1.54, 1.807) is 18.3 Å². The van der Waals surface area contributed by atoms with Crippen LogP contribution in [0.4, 0.5) is 0 Å². The maximum atomic E-state index is 12.7. The Morgan fingerprint density at radius 3 is 2.87 bits per heavy atom. The van der Waals surface area contributed by atoms with Crippen molar-refractivity contribution in [1.29, 1.82) is 0 Å². The summed E-state index contributed by atoms with van der Waals surface area (Å²) in [7, 11) is 0. The molecule has 1 saturated heterocycles. The number of aliphatic hydroxyl groups is 1. The second-order valence-corrected chi connectivity index (χ2v) is 6.21. The highest BCUT2D eigenvalue weighted by Gasteiger charge is 2.31. The lowest BCUT2D eigenvalue weighted by Crippen LogP contribution is -2.36. The van der Waals surface area contributed by atoms with Crippen LogP contribution in [0.2, 0.25) is 5.15 Å². The fraction of sp³-hybridized carbons (Fsp3) is 0.333. The van der Waals surface area contributed by atoms with Gasteiger partial charge in [-0.05, 0) is 37.0 Å². The molecule has 2 heterocycles. The summed E-state index contributed by atoms with van der Waals surface area (Å²) in [5.41, 5.74) is 1.44. The first kappa shape index (κ1) is 16.0. The van der Waals surface area contributed by atoms with Crippen molar-refractivity contribution in [2.45, 2.75) is 31.4 Å². The van der Waals surface area contributed by atoms with Gasteiger partial charge in [-0.3, -0.25) is 4.79 Å². The fourth-order valence-corrected chi connectivity index (χ4v) is 3.29. The molecule has 0 unspecified atom stereocenters. The van der Waals surface area contributed by atoms with Gasteiger partial charge in [-0.25, -0.2) is 4.98 Å². The molecule has 4 nitrogen and oxygen atoms in total. The fourth-order valence-electron chi connectivity index (χ4n) is 3.12. The number of amides is 1. The normalized spacial score (nSPS) is 18.9. The number of benzene rings is 1. The van der Waals surface area contributed by atoms with Crippen LogP contribution in [0.1, 0.15) is 41.3 Å². The summed E-state index contributed by atoms with van der Waals surface area (Å²) in [6.45, 7) is 0.713. The molecule has 0 radical (unpaired) electrons. The molecule has 120 valence electrons. The van der Waals surface area contributed by atoms with Crippen LogP contribution in [0.25, 0.3) is 0 Å². The number of aromatic nitrogens is 1. The zero-order chi connectivity index (χ0) is 16.2. The molecule has 1 aromatic carbocycles. The predicted molar refractivity (Wildman–Crippen MR) is 89.3 cm³/mol. The second-order valence-electron chi connectivity index (χ2n) is 5.82. The first-order valence-corrected chi connectivity index (χ1v) is 8.18. The summed E-state index contributed by atoms with van der Waals surface area (Å²) in [5, 5.41) is 10.7. The SMILES string of the molecule is O=C(c1ccnc(Cl)c1)N1CCC[C@H]1C[C@@H](O)c1ccccc1. The van der Waals surface area contributed by atoms with Crippen molar-refractivity contribution in [3.05, 3.63) is 64.9 Å². The Kier molecular flexibility index (Phi) is 4.94. The zero-order valence-electron chi connectivity index (χ0n) is 12.7. The van der Waals surface area contributed by atoms with E-state index in [0.717, 1.165) is 18.4 Å². The van der Waals surface area contributed by atoms with E-state index >= 15 is 0 Å². The Balaban J connectivity index is 1.71. The Labute approximate surface area is 140 Å². The number of aliphatic hydroxyl groups excluding tert-OH is 1. The number of rotatable bonds is 4. The van der Waals surface area contributed by atoms with Crippen molar-refractivity contribution >= 4 is 17.5 Å². The minimum Gasteiger partial charge on any atom is -0.388 e. The van der Waals surface area contributed by atoms with Crippen LogP contribution in [0.3, 0.4) is 0 Å². The van der Waals surface area contributed by atoms with Crippen LogP contribution < -0.4 is 0 Å². The summed E-state index contributed by atoms with van der Waals surface area (Å²) in [6, 6.07) is 12.9. The van der Waals surface area contributed by atoms with Crippen LogP contribution in [-0.2, 0) is 0 Å². The third kappa shape index (κ3) is 3.71. The summed E-state index contributed by atoms with van der Waals surface area (Å²) in [6.07, 6.45) is 3.40. The first-order valence-electron chi connectivity index (χ1n) is 7.80. The first-order chi connectivity index (χ1) is 11.1. The summed E-state index contributed by atoms with van der Waals surface area (Å²) in [5.74, 6) is -0.0444. The molecular formula is C18H19ClN2O2. The molecule has 1 aliphatic heterocycles. The molecule has 0 saturated carbocycles. The van der Waals surface area contributed by atoms with Crippen molar-refractivity contribution < 1.29 is 9.90 Å². The molecule has 1 aliphatic rings. The van der Waals surface area contributed by atoms with Gasteiger partial charge >= 0.3 is 0 Å². The van der Waals surface area contributed by atoms with Gasteiger partial charge in [0.05, 0.1) is 6.10 Å². The van der Waals surface area contributed by atoms with Crippen molar-refractivity contribution in [2.75, 3.05) is 6.54 Å². The predicted octanol–water partition coefficient (Wildman–Crippen LogP) is 3.46. The molecule has 2 aromatic rings. The quantitative estimate of drug-likeness (QED) is 0.873. The number of carbonyl (C=O) groups excluding carboxylic acids is 1. The van der Waals surface area contributed by atoms with E-state index in [4.69, 9.17) is 11.6 Å². The zero-order valence-corrected chi connectivity index (χ0v) is 13.5. The summed E-state index contributed by atoms with van der Waals surface area (Å²) < 4.78 is 0. The lowest BCUT2D eigenvalue weighted by Gasteiger charge is -2.27. The molecule has 1 N–H and O–H groups in total. The van der Waals surface area contributed by atoms with Crippen LogP contribution in [0, 0.1) is 0 Å². The molecule has 3 rings (SSSR count). The number of hydrogen-bond donors (Lipinski definition) is 1. The van der Waals surface area contributed by atoms with Gasteiger partial charge in [-0.2, -0.15) is 0 Å². The van der Waals surface area contributed by atoms with Crippen molar-refractivity contribution in [3.63, 3.8) is 0 Å². The van der Waals surface area contributed by atoms with E-state index in [0.29, 0.717) is 23.7 Å². The number of likely N-dealkylation sites (tertiary alicyclic amines) is 1. The maximum Gasteiger partial charge on any atom is 0.254 e. The topological polar surface area (TPSA) is 53.4 Å². The lowest BCUT2D eigenvalue weighted by atomic mass is 10.0. The molecule has 0 aliphatic carbocycles. The van der Waals surface area contributed by atoms with E-state index < -0.39 is 6.10 Å². The van der Waals surface area contributed by atoms with Crippen molar-refractivity contribution in [1.82, 2.24) is 9.88 Å².